The monoisotopic (exact) mass is 348 g/mol. The number of imide groups is 1. The quantitative estimate of drug-likeness (QED) is 0.831. The molecule has 8 heteroatoms. The van der Waals surface area contributed by atoms with Crippen molar-refractivity contribution in [2.75, 3.05) is 23.7 Å². The van der Waals surface area contributed by atoms with E-state index in [9.17, 15) is 9.59 Å². The molecule has 0 saturated carbocycles. The molecular weight excluding hydrogens is 324 g/mol. The zero-order chi connectivity index (χ0) is 18.4. The van der Waals surface area contributed by atoms with Gasteiger partial charge in [-0.15, -0.1) is 0 Å². The summed E-state index contributed by atoms with van der Waals surface area (Å²) in [6.07, 6.45) is 1.58. The second-order valence-electron chi connectivity index (χ2n) is 7.58. The molecule has 1 aromatic heterocycles. The van der Waals surface area contributed by atoms with Crippen LogP contribution < -0.4 is 10.6 Å². The maximum Gasteiger partial charge on any atom is 0.420 e. The lowest BCUT2D eigenvalue weighted by Gasteiger charge is -2.40. The number of hydrogen-bond donors (Lipinski definition) is 1. The molecule has 3 heterocycles. The molecule has 2 fully saturated rings. The van der Waals surface area contributed by atoms with E-state index in [4.69, 9.17) is 15.2 Å². The minimum absolute atomic E-state index is 0.0442. The summed E-state index contributed by atoms with van der Waals surface area (Å²) < 4.78 is 10.8. The van der Waals surface area contributed by atoms with Crippen LogP contribution in [-0.2, 0) is 9.47 Å². The van der Waals surface area contributed by atoms with Gasteiger partial charge in [0.05, 0.1) is 17.6 Å². The van der Waals surface area contributed by atoms with Crippen LogP contribution in [0.15, 0.2) is 18.5 Å². The van der Waals surface area contributed by atoms with Gasteiger partial charge in [-0.1, -0.05) is 6.92 Å². The topological polar surface area (TPSA) is 98.0 Å². The van der Waals surface area contributed by atoms with E-state index in [0.29, 0.717) is 18.8 Å². The third kappa shape index (κ3) is 3.33. The van der Waals surface area contributed by atoms with Crippen LogP contribution in [0.1, 0.15) is 27.7 Å². The normalized spacial score (nSPS) is 26.2. The van der Waals surface area contributed by atoms with Gasteiger partial charge in [-0.2, -0.15) is 0 Å². The van der Waals surface area contributed by atoms with Crippen LogP contribution in [-0.4, -0.2) is 52.9 Å². The van der Waals surface area contributed by atoms with Gasteiger partial charge >= 0.3 is 12.2 Å². The van der Waals surface area contributed by atoms with E-state index in [-0.39, 0.29) is 12.0 Å². The first-order valence-corrected chi connectivity index (χ1v) is 8.34. The molecule has 2 aliphatic rings. The molecule has 136 valence electrons. The largest absolute Gasteiger partial charge is 0.443 e. The van der Waals surface area contributed by atoms with Crippen molar-refractivity contribution in [1.82, 2.24) is 9.88 Å². The van der Waals surface area contributed by atoms with Crippen molar-refractivity contribution in [2.45, 2.75) is 45.4 Å². The highest BCUT2D eigenvalue weighted by Crippen LogP contribution is 2.35. The highest BCUT2D eigenvalue weighted by atomic mass is 16.6. The second-order valence-corrected chi connectivity index (χ2v) is 7.58. The van der Waals surface area contributed by atoms with Crippen LogP contribution in [0, 0.1) is 5.92 Å². The van der Waals surface area contributed by atoms with Gasteiger partial charge in [0.1, 0.15) is 17.7 Å². The Morgan fingerprint density at radius 3 is 2.76 bits per heavy atom. The number of pyridine rings is 1. The number of nitrogen functional groups attached to an aromatic ring is 1. The lowest BCUT2D eigenvalue weighted by atomic mass is 9.92. The van der Waals surface area contributed by atoms with Crippen LogP contribution in [0.4, 0.5) is 21.0 Å². The predicted molar refractivity (Wildman–Crippen MR) is 92.2 cm³/mol. The molecule has 0 aromatic carbocycles. The summed E-state index contributed by atoms with van der Waals surface area (Å²) in [6, 6.07) is 1.41. The number of fused-ring (bicyclic) bond motifs is 1. The molecule has 2 amide bonds. The number of ether oxygens (including phenoxy) is 2. The van der Waals surface area contributed by atoms with Gasteiger partial charge in [-0.05, 0) is 26.8 Å². The summed E-state index contributed by atoms with van der Waals surface area (Å²) in [5.74, 6) is 0.0442. The summed E-state index contributed by atoms with van der Waals surface area (Å²) in [4.78, 5) is 31.9. The summed E-state index contributed by atoms with van der Waals surface area (Å²) in [5.41, 5.74) is 6.74. The van der Waals surface area contributed by atoms with Crippen molar-refractivity contribution in [3.8, 4) is 0 Å². The number of carbonyl (C=O) groups is 2. The van der Waals surface area contributed by atoms with Gasteiger partial charge in [0.15, 0.2) is 0 Å². The molecule has 1 aromatic rings. The number of amides is 2. The molecule has 0 radical (unpaired) electrons. The molecular formula is C17H24N4O4. The summed E-state index contributed by atoms with van der Waals surface area (Å²) in [7, 11) is 0. The fourth-order valence-corrected chi connectivity index (χ4v) is 3.37. The lowest BCUT2D eigenvalue weighted by molar-refractivity contribution is 0.0275. The first-order chi connectivity index (χ1) is 11.7. The molecule has 2 N–H and O–H groups in total. The number of nitrogens with zero attached hydrogens (tertiary/aromatic N) is 3. The van der Waals surface area contributed by atoms with Gasteiger partial charge in [-0.25, -0.2) is 14.5 Å². The van der Waals surface area contributed by atoms with E-state index in [0.717, 1.165) is 10.6 Å². The first-order valence-electron chi connectivity index (χ1n) is 8.34. The van der Waals surface area contributed by atoms with Gasteiger partial charge < -0.3 is 20.1 Å². The zero-order valence-corrected chi connectivity index (χ0v) is 14.9. The fourth-order valence-electron chi connectivity index (χ4n) is 3.37. The molecule has 0 aliphatic carbocycles. The Morgan fingerprint density at radius 1 is 1.40 bits per heavy atom. The molecule has 8 nitrogen and oxygen atoms in total. The van der Waals surface area contributed by atoms with Crippen molar-refractivity contribution in [3.63, 3.8) is 0 Å². The van der Waals surface area contributed by atoms with Crippen LogP contribution >= 0.6 is 0 Å². The van der Waals surface area contributed by atoms with Gasteiger partial charge in [0.25, 0.3) is 0 Å². The Labute approximate surface area is 146 Å². The van der Waals surface area contributed by atoms with E-state index in [1.54, 1.807) is 33.2 Å². The van der Waals surface area contributed by atoms with E-state index < -0.39 is 23.8 Å². The highest BCUT2D eigenvalue weighted by Gasteiger charge is 2.52. The zero-order valence-electron chi connectivity index (χ0n) is 14.9. The molecule has 0 spiro atoms. The molecule has 3 unspecified atom stereocenters. The average molecular weight is 348 g/mol. The Hall–Kier alpha value is -2.51. The molecule has 25 heavy (non-hydrogen) atoms. The van der Waals surface area contributed by atoms with Crippen LogP contribution in [0.3, 0.4) is 0 Å². The van der Waals surface area contributed by atoms with Gasteiger partial charge in [-0.3, -0.25) is 4.98 Å². The number of aromatic nitrogens is 1. The van der Waals surface area contributed by atoms with Crippen molar-refractivity contribution >= 4 is 23.6 Å². The summed E-state index contributed by atoms with van der Waals surface area (Å²) in [6.45, 7) is 8.39. The number of nitrogens with two attached hydrogens (primary N) is 1. The van der Waals surface area contributed by atoms with Crippen LogP contribution in [0.5, 0.6) is 0 Å². The standard InChI is InChI=1S/C17H24N4O4/c1-10-8-20(12-5-6-19-7-11(12)18)9-13-14(10)24-15(22)21(13)16(23)25-17(2,3)4/h5-7,10,13-14H,8-9,18H2,1-4H3. The van der Waals surface area contributed by atoms with Crippen LogP contribution in [0.25, 0.3) is 0 Å². The Morgan fingerprint density at radius 2 is 2.12 bits per heavy atom. The Kier molecular flexibility index (Phi) is 4.22. The second kappa shape index (κ2) is 6.09. The average Bonchev–Trinajstić information content (AvgIpc) is 2.82. The van der Waals surface area contributed by atoms with Crippen molar-refractivity contribution in [3.05, 3.63) is 18.5 Å². The number of piperidine rings is 1. The first kappa shape index (κ1) is 17.3. The Bertz CT molecular complexity index is 687. The molecule has 0 bridgehead atoms. The van der Waals surface area contributed by atoms with Gasteiger partial charge in [0.2, 0.25) is 0 Å². The summed E-state index contributed by atoms with van der Waals surface area (Å²) >= 11 is 0. The minimum atomic E-state index is -0.690. The minimum Gasteiger partial charge on any atom is -0.443 e. The van der Waals surface area contributed by atoms with Gasteiger partial charge in [0, 0.05) is 25.2 Å². The SMILES string of the molecule is CC1CN(c2ccncc2N)CC2C1OC(=O)N2C(=O)OC(C)(C)C. The number of anilines is 2. The molecule has 2 saturated heterocycles. The van der Waals surface area contributed by atoms with Crippen molar-refractivity contribution < 1.29 is 19.1 Å². The van der Waals surface area contributed by atoms with Crippen molar-refractivity contribution in [1.29, 1.82) is 0 Å². The number of carbonyl (C=O) groups excluding carboxylic acids is 2. The third-order valence-electron chi connectivity index (χ3n) is 4.38. The predicted octanol–water partition coefficient (Wildman–Crippen LogP) is 2.24. The molecule has 3 rings (SSSR count). The number of rotatable bonds is 1. The smallest absolute Gasteiger partial charge is 0.420 e. The number of hydrogen-bond acceptors (Lipinski definition) is 7. The maximum atomic E-state index is 12.5. The molecule has 2 aliphatic heterocycles. The van der Waals surface area contributed by atoms with Crippen LogP contribution in [0.2, 0.25) is 0 Å². The lowest BCUT2D eigenvalue weighted by Crippen LogP contribution is -2.56. The molecule has 3 atom stereocenters. The fraction of sp³-hybridized carbons (Fsp3) is 0.588. The maximum absolute atomic E-state index is 12.5. The Balaban J connectivity index is 1.86. The van der Waals surface area contributed by atoms with E-state index in [2.05, 4.69) is 9.88 Å². The van der Waals surface area contributed by atoms with E-state index >= 15 is 0 Å². The van der Waals surface area contributed by atoms with Crippen molar-refractivity contribution in [2.24, 2.45) is 5.92 Å². The summed E-state index contributed by atoms with van der Waals surface area (Å²) in [5, 5.41) is 0. The van der Waals surface area contributed by atoms with E-state index in [1.165, 1.54) is 0 Å². The highest BCUT2D eigenvalue weighted by molar-refractivity contribution is 5.90. The van der Waals surface area contributed by atoms with E-state index in [1.807, 2.05) is 13.0 Å². The third-order valence-corrected chi connectivity index (χ3v) is 4.38.